The molecule has 1 aliphatic rings. The zero-order valence-corrected chi connectivity index (χ0v) is 12.4. The molecule has 0 bridgehead atoms. The molecular weight excluding hydrogens is 226 g/mol. The first kappa shape index (κ1) is 15.3. The van der Waals surface area contributed by atoms with Crippen molar-refractivity contribution in [1.29, 1.82) is 0 Å². The van der Waals surface area contributed by atoms with Gasteiger partial charge >= 0.3 is 0 Å². The van der Waals surface area contributed by atoms with Crippen molar-refractivity contribution < 1.29 is 4.74 Å². The molecule has 0 aliphatic carbocycles. The summed E-state index contributed by atoms with van der Waals surface area (Å²) in [5, 5.41) is 3.37. The molecule has 4 heteroatoms. The molecular formula is C14H29N3O. The van der Waals surface area contributed by atoms with Gasteiger partial charge in [-0.1, -0.05) is 13.8 Å². The lowest BCUT2D eigenvalue weighted by Gasteiger charge is -2.22. The van der Waals surface area contributed by atoms with Crippen LogP contribution in [0.2, 0.25) is 0 Å². The van der Waals surface area contributed by atoms with Crippen molar-refractivity contribution in [2.24, 2.45) is 16.8 Å². The van der Waals surface area contributed by atoms with Gasteiger partial charge in [0.25, 0.3) is 0 Å². The monoisotopic (exact) mass is 255 g/mol. The number of likely N-dealkylation sites (tertiary alicyclic amines) is 1. The third-order valence-electron chi connectivity index (χ3n) is 3.34. The second-order valence-corrected chi connectivity index (χ2v) is 5.40. The molecule has 1 heterocycles. The molecule has 106 valence electrons. The van der Waals surface area contributed by atoms with Crippen LogP contribution in [0.3, 0.4) is 0 Å². The van der Waals surface area contributed by atoms with E-state index in [0.29, 0.717) is 0 Å². The first-order chi connectivity index (χ1) is 8.67. The topological polar surface area (TPSA) is 36.9 Å². The van der Waals surface area contributed by atoms with Crippen LogP contribution < -0.4 is 5.32 Å². The molecule has 0 amide bonds. The Hall–Kier alpha value is -0.770. The minimum atomic E-state index is 0.749. The molecule has 0 aromatic heterocycles. The van der Waals surface area contributed by atoms with Gasteiger partial charge in [-0.05, 0) is 31.6 Å². The van der Waals surface area contributed by atoms with Crippen molar-refractivity contribution in [3.63, 3.8) is 0 Å². The average Bonchev–Trinajstić information content (AvgIpc) is 2.77. The van der Waals surface area contributed by atoms with E-state index in [1.165, 1.54) is 12.8 Å². The maximum atomic E-state index is 5.33. The Morgan fingerprint density at radius 2 is 2.28 bits per heavy atom. The molecule has 1 atom stereocenters. The SMILES string of the molecule is CCOCCNC(=NC)N1CCC(CC(C)C)C1. The molecule has 0 saturated carbocycles. The minimum absolute atomic E-state index is 0.749. The summed E-state index contributed by atoms with van der Waals surface area (Å²) < 4.78 is 5.33. The molecule has 18 heavy (non-hydrogen) atoms. The van der Waals surface area contributed by atoms with E-state index in [1.807, 2.05) is 14.0 Å². The highest BCUT2D eigenvalue weighted by atomic mass is 16.5. The molecule has 1 aliphatic heterocycles. The fraction of sp³-hybridized carbons (Fsp3) is 0.929. The number of rotatable bonds is 6. The Kier molecular flexibility index (Phi) is 7.09. The number of hydrogen-bond acceptors (Lipinski definition) is 2. The van der Waals surface area contributed by atoms with E-state index in [9.17, 15) is 0 Å². The first-order valence-electron chi connectivity index (χ1n) is 7.20. The lowest BCUT2D eigenvalue weighted by atomic mass is 9.97. The Morgan fingerprint density at radius 3 is 2.89 bits per heavy atom. The van der Waals surface area contributed by atoms with Gasteiger partial charge < -0.3 is 15.0 Å². The Morgan fingerprint density at radius 1 is 1.50 bits per heavy atom. The highest BCUT2D eigenvalue weighted by Crippen LogP contribution is 2.23. The summed E-state index contributed by atoms with van der Waals surface area (Å²) in [4.78, 5) is 6.73. The highest BCUT2D eigenvalue weighted by Gasteiger charge is 2.24. The lowest BCUT2D eigenvalue weighted by Crippen LogP contribution is -2.41. The maximum Gasteiger partial charge on any atom is 0.193 e. The summed E-state index contributed by atoms with van der Waals surface area (Å²) in [6.07, 6.45) is 2.62. The van der Waals surface area contributed by atoms with E-state index in [2.05, 4.69) is 29.1 Å². The smallest absolute Gasteiger partial charge is 0.193 e. The van der Waals surface area contributed by atoms with Gasteiger partial charge in [-0.15, -0.1) is 0 Å². The Balaban J connectivity index is 2.29. The van der Waals surface area contributed by atoms with Crippen molar-refractivity contribution in [1.82, 2.24) is 10.2 Å². The standard InChI is InChI=1S/C14H29N3O/c1-5-18-9-7-16-14(15-4)17-8-6-13(11-17)10-12(2)3/h12-13H,5-11H2,1-4H3,(H,15,16). The van der Waals surface area contributed by atoms with Gasteiger partial charge in [0, 0.05) is 33.3 Å². The zero-order chi connectivity index (χ0) is 13.4. The third kappa shape index (κ3) is 5.25. The van der Waals surface area contributed by atoms with Crippen LogP contribution in [0.1, 0.15) is 33.6 Å². The van der Waals surface area contributed by atoms with Crippen molar-refractivity contribution in [2.75, 3.05) is 39.9 Å². The predicted molar refractivity (Wildman–Crippen MR) is 77.0 cm³/mol. The van der Waals surface area contributed by atoms with E-state index in [1.54, 1.807) is 0 Å². The summed E-state index contributed by atoms with van der Waals surface area (Å²) in [7, 11) is 1.86. The van der Waals surface area contributed by atoms with E-state index in [-0.39, 0.29) is 0 Å². The van der Waals surface area contributed by atoms with E-state index >= 15 is 0 Å². The number of hydrogen-bond donors (Lipinski definition) is 1. The Bertz CT molecular complexity index is 253. The van der Waals surface area contributed by atoms with Gasteiger partial charge in [-0.2, -0.15) is 0 Å². The van der Waals surface area contributed by atoms with Crippen LogP contribution in [0.15, 0.2) is 4.99 Å². The molecule has 0 spiro atoms. The fourth-order valence-corrected chi connectivity index (χ4v) is 2.60. The van der Waals surface area contributed by atoms with Crippen LogP contribution in [0, 0.1) is 11.8 Å². The van der Waals surface area contributed by atoms with Crippen LogP contribution in [0.5, 0.6) is 0 Å². The second-order valence-electron chi connectivity index (χ2n) is 5.40. The van der Waals surface area contributed by atoms with Crippen LogP contribution in [-0.2, 0) is 4.74 Å². The summed E-state index contributed by atoms with van der Waals surface area (Å²) in [6.45, 7) is 11.3. The molecule has 0 aromatic rings. The summed E-state index contributed by atoms with van der Waals surface area (Å²) in [5.41, 5.74) is 0. The van der Waals surface area contributed by atoms with Gasteiger partial charge in [0.05, 0.1) is 6.61 Å². The second kappa shape index (κ2) is 8.35. The van der Waals surface area contributed by atoms with Crippen LogP contribution in [0.4, 0.5) is 0 Å². The zero-order valence-electron chi connectivity index (χ0n) is 12.4. The van der Waals surface area contributed by atoms with Gasteiger partial charge in [0.1, 0.15) is 0 Å². The number of guanidine groups is 1. The number of nitrogens with zero attached hydrogens (tertiary/aromatic N) is 2. The van der Waals surface area contributed by atoms with Crippen LogP contribution in [0.25, 0.3) is 0 Å². The maximum absolute atomic E-state index is 5.33. The Labute approximate surface area is 112 Å². The fourth-order valence-electron chi connectivity index (χ4n) is 2.60. The van der Waals surface area contributed by atoms with Crippen molar-refractivity contribution in [3.8, 4) is 0 Å². The van der Waals surface area contributed by atoms with Gasteiger partial charge in [-0.3, -0.25) is 4.99 Å². The molecule has 1 fully saturated rings. The van der Waals surface area contributed by atoms with Crippen molar-refractivity contribution in [2.45, 2.75) is 33.6 Å². The largest absolute Gasteiger partial charge is 0.380 e. The number of ether oxygens (including phenoxy) is 1. The summed E-state index contributed by atoms with van der Waals surface area (Å²) in [6, 6.07) is 0. The molecule has 1 N–H and O–H groups in total. The summed E-state index contributed by atoms with van der Waals surface area (Å²) in [5.74, 6) is 2.65. The van der Waals surface area contributed by atoms with E-state index < -0.39 is 0 Å². The summed E-state index contributed by atoms with van der Waals surface area (Å²) >= 11 is 0. The number of aliphatic imine (C=N–C) groups is 1. The van der Waals surface area contributed by atoms with Gasteiger partial charge in [0.15, 0.2) is 5.96 Å². The lowest BCUT2D eigenvalue weighted by molar-refractivity contribution is 0.152. The van der Waals surface area contributed by atoms with E-state index in [4.69, 9.17) is 4.74 Å². The van der Waals surface area contributed by atoms with Crippen molar-refractivity contribution >= 4 is 5.96 Å². The highest BCUT2D eigenvalue weighted by molar-refractivity contribution is 5.80. The third-order valence-corrected chi connectivity index (χ3v) is 3.34. The number of nitrogens with one attached hydrogen (secondary N) is 1. The van der Waals surface area contributed by atoms with E-state index in [0.717, 1.165) is 50.6 Å². The van der Waals surface area contributed by atoms with Gasteiger partial charge in [-0.25, -0.2) is 0 Å². The molecule has 1 unspecified atom stereocenters. The molecule has 1 saturated heterocycles. The molecule has 1 rings (SSSR count). The quantitative estimate of drug-likeness (QED) is 0.448. The molecule has 0 radical (unpaired) electrons. The molecule has 0 aromatic carbocycles. The van der Waals surface area contributed by atoms with Gasteiger partial charge in [0.2, 0.25) is 0 Å². The van der Waals surface area contributed by atoms with Crippen LogP contribution in [-0.4, -0.2) is 50.8 Å². The predicted octanol–water partition coefficient (Wildman–Crippen LogP) is 1.97. The average molecular weight is 255 g/mol. The minimum Gasteiger partial charge on any atom is -0.380 e. The van der Waals surface area contributed by atoms with Crippen molar-refractivity contribution in [3.05, 3.63) is 0 Å². The van der Waals surface area contributed by atoms with Crippen LogP contribution >= 0.6 is 0 Å². The molecule has 4 nitrogen and oxygen atoms in total. The normalized spacial score (nSPS) is 20.8. The first-order valence-corrected chi connectivity index (χ1v) is 7.20.